The Kier molecular flexibility index (Phi) is 5.21. The Labute approximate surface area is 100 Å². The number of nitrogens with one attached hydrogen (secondary N) is 1. The molecule has 0 saturated heterocycles. The first-order valence-electron chi connectivity index (χ1n) is 5.52. The van der Waals surface area contributed by atoms with Crippen LogP contribution >= 0.6 is 0 Å². The molecule has 0 amide bonds. The molecule has 0 atom stereocenters. The van der Waals surface area contributed by atoms with Gasteiger partial charge in [0.05, 0.1) is 6.54 Å². The molecule has 0 aliphatic rings. The van der Waals surface area contributed by atoms with Crippen LogP contribution < -0.4 is 10.2 Å². The minimum absolute atomic E-state index is 0.318. The molecule has 1 heterocycles. The quantitative estimate of drug-likeness (QED) is 0.826. The van der Waals surface area contributed by atoms with Crippen molar-refractivity contribution >= 4 is 5.95 Å². The molecule has 0 aliphatic heterocycles. The summed E-state index contributed by atoms with van der Waals surface area (Å²) in [6, 6.07) is 0.385. The molecular formula is C11H18F2N4. The second-order valence-electron chi connectivity index (χ2n) is 4.20. The molecule has 0 saturated carbocycles. The first-order valence-corrected chi connectivity index (χ1v) is 5.52. The Balaban J connectivity index is 2.55. The number of halogens is 2. The summed E-state index contributed by atoms with van der Waals surface area (Å²) in [4.78, 5) is 9.44. The van der Waals surface area contributed by atoms with Crippen molar-refractivity contribution in [2.75, 3.05) is 18.5 Å². The van der Waals surface area contributed by atoms with E-state index < -0.39 is 6.43 Å². The predicted molar refractivity (Wildman–Crippen MR) is 63.3 cm³/mol. The standard InChI is InChI=1S/C11H18F2N4/c1-8(2)14-4-9-5-15-11(16-6-9)17(3)7-10(12)13/h5-6,8,10,14H,4,7H2,1-3H3. The van der Waals surface area contributed by atoms with Crippen molar-refractivity contribution in [2.24, 2.45) is 0 Å². The van der Waals surface area contributed by atoms with Gasteiger partial charge in [0.2, 0.25) is 5.95 Å². The van der Waals surface area contributed by atoms with Crippen molar-refractivity contribution in [3.8, 4) is 0 Å². The van der Waals surface area contributed by atoms with Crippen molar-refractivity contribution in [1.29, 1.82) is 0 Å². The summed E-state index contributed by atoms with van der Waals surface area (Å²) in [6.45, 7) is 4.41. The number of nitrogens with zero attached hydrogens (tertiary/aromatic N) is 3. The third-order valence-electron chi connectivity index (χ3n) is 2.16. The van der Waals surface area contributed by atoms with Crippen molar-refractivity contribution in [3.05, 3.63) is 18.0 Å². The maximum absolute atomic E-state index is 12.2. The van der Waals surface area contributed by atoms with Crippen molar-refractivity contribution in [3.63, 3.8) is 0 Å². The zero-order chi connectivity index (χ0) is 12.8. The van der Waals surface area contributed by atoms with Crippen molar-refractivity contribution in [2.45, 2.75) is 32.9 Å². The lowest BCUT2D eigenvalue weighted by atomic mass is 10.3. The molecule has 1 aromatic rings. The van der Waals surface area contributed by atoms with Crippen LogP contribution in [0.1, 0.15) is 19.4 Å². The van der Waals surface area contributed by atoms with E-state index in [1.807, 2.05) is 13.8 Å². The van der Waals surface area contributed by atoms with Crippen LogP contribution in [0.2, 0.25) is 0 Å². The highest BCUT2D eigenvalue weighted by Crippen LogP contribution is 2.07. The van der Waals surface area contributed by atoms with Gasteiger partial charge in [-0.3, -0.25) is 0 Å². The Morgan fingerprint density at radius 2 is 1.88 bits per heavy atom. The zero-order valence-electron chi connectivity index (χ0n) is 10.3. The third-order valence-corrected chi connectivity index (χ3v) is 2.16. The van der Waals surface area contributed by atoms with Gasteiger partial charge in [-0.25, -0.2) is 18.7 Å². The van der Waals surface area contributed by atoms with Crippen LogP contribution in [0.15, 0.2) is 12.4 Å². The fourth-order valence-corrected chi connectivity index (χ4v) is 1.25. The lowest BCUT2D eigenvalue weighted by Crippen LogP contribution is -2.26. The van der Waals surface area contributed by atoms with Crippen LogP contribution in [0.3, 0.4) is 0 Å². The van der Waals surface area contributed by atoms with E-state index in [9.17, 15) is 8.78 Å². The molecule has 0 aromatic carbocycles. The van der Waals surface area contributed by atoms with E-state index in [1.54, 1.807) is 19.4 Å². The van der Waals surface area contributed by atoms with Crippen LogP contribution in [0.25, 0.3) is 0 Å². The molecule has 0 bridgehead atoms. The molecule has 0 unspecified atom stereocenters. The normalized spacial score (nSPS) is 11.2. The summed E-state index contributed by atoms with van der Waals surface area (Å²) in [5, 5.41) is 3.23. The molecule has 0 radical (unpaired) electrons. The van der Waals surface area contributed by atoms with Gasteiger partial charge in [-0.05, 0) is 0 Å². The summed E-state index contributed by atoms with van der Waals surface area (Å²) >= 11 is 0. The van der Waals surface area contributed by atoms with Gasteiger partial charge in [0.1, 0.15) is 0 Å². The summed E-state index contributed by atoms with van der Waals surface area (Å²) in [6.07, 6.45) is 0.921. The molecule has 4 nitrogen and oxygen atoms in total. The predicted octanol–water partition coefficient (Wildman–Crippen LogP) is 1.68. The number of hydrogen-bond donors (Lipinski definition) is 1. The SMILES string of the molecule is CC(C)NCc1cnc(N(C)CC(F)F)nc1. The van der Waals surface area contributed by atoms with E-state index in [-0.39, 0.29) is 6.54 Å². The largest absolute Gasteiger partial charge is 0.338 e. The summed E-state index contributed by atoms with van der Waals surface area (Å²) in [5.41, 5.74) is 0.938. The second-order valence-corrected chi connectivity index (χ2v) is 4.20. The van der Waals surface area contributed by atoms with Gasteiger partial charge in [0.25, 0.3) is 6.43 Å². The fraction of sp³-hybridized carbons (Fsp3) is 0.636. The highest BCUT2D eigenvalue weighted by atomic mass is 19.3. The Morgan fingerprint density at radius 1 is 1.29 bits per heavy atom. The van der Waals surface area contributed by atoms with Gasteiger partial charge in [0, 0.05) is 37.6 Å². The van der Waals surface area contributed by atoms with E-state index in [4.69, 9.17) is 0 Å². The van der Waals surface area contributed by atoms with Crippen LogP contribution in [-0.2, 0) is 6.54 Å². The first-order chi connectivity index (χ1) is 7.99. The van der Waals surface area contributed by atoms with Gasteiger partial charge in [-0.2, -0.15) is 0 Å². The number of alkyl halides is 2. The summed E-state index contributed by atoms with van der Waals surface area (Å²) < 4.78 is 24.3. The van der Waals surface area contributed by atoms with Crippen LogP contribution in [0.4, 0.5) is 14.7 Å². The first kappa shape index (κ1) is 13.8. The van der Waals surface area contributed by atoms with E-state index >= 15 is 0 Å². The number of hydrogen-bond acceptors (Lipinski definition) is 4. The average molecular weight is 244 g/mol. The number of anilines is 1. The zero-order valence-corrected chi connectivity index (χ0v) is 10.3. The van der Waals surface area contributed by atoms with Gasteiger partial charge in [-0.15, -0.1) is 0 Å². The molecule has 17 heavy (non-hydrogen) atoms. The molecule has 6 heteroatoms. The smallest absolute Gasteiger partial charge is 0.255 e. The number of aromatic nitrogens is 2. The van der Waals surface area contributed by atoms with Gasteiger partial charge in [-0.1, -0.05) is 13.8 Å². The Morgan fingerprint density at radius 3 is 2.35 bits per heavy atom. The van der Waals surface area contributed by atoms with Gasteiger partial charge < -0.3 is 10.2 Å². The molecule has 1 aromatic heterocycles. The molecule has 0 aliphatic carbocycles. The molecule has 0 spiro atoms. The highest BCUT2D eigenvalue weighted by Gasteiger charge is 2.10. The fourth-order valence-electron chi connectivity index (χ4n) is 1.25. The molecule has 0 fully saturated rings. The van der Waals surface area contributed by atoms with Crippen LogP contribution in [-0.4, -0.2) is 36.0 Å². The van der Waals surface area contributed by atoms with E-state index in [1.165, 1.54) is 4.90 Å². The average Bonchev–Trinajstić information content (AvgIpc) is 2.26. The van der Waals surface area contributed by atoms with Gasteiger partial charge in [0.15, 0.2) is 0 Å². The second kappa shape index (κ2) is 6.44. The van der Waals surface area contributed by atoms with E-state index in [2.05, 4.69) is 15.3 Å². The molecule has 96 valence electrons. The maximum Gasteiger partial charge on any atom is 0.255 e. The summed E-state index contributed by atoms with van der Waals surface area (Å²) in [5.74, 6) is 0.318. The van der Waals surface area contributed by atoms with E-state index in [0.717, 1.165) is 5.56 Å². The Bertz CT molecular complexity index is 327. The Hall–Kier alpha value is -1.30. The number of rotatable bonds is 6. The lowest BCUT2D eigenvalue weighted by molar-refractivity contribution is 0.156. The third kappa shape index (κ3) is 5.04. The van der Waals surface area contributed by atoms with E-state index in [0.29, 0.717) is 18.5 Å². The molecular weight excluding hydrogens is 226 g/mol. The van der Waals surface area contributed by atoms with Crippen LogP contribution in [0, 0.1) is 0 Å². The minimum atomic E-state index is -2.38. The van der Waals surface area contributed by atoms with Gasteiger partial charge >= 0.3 is 0 Å². The lowest BCUT2D eigenvalue weighted by Gasteiger charge is -2.16. The van der Waals surface area contributed by atoms with Crippen LogP contribution in [0.5, 0.6) is 0 Å². The highest BCUT2D eigenvalue weighted by molar-refractivity contribution is 5.28. The molecule has 1 N–H and O–H groups in total. The van der Waals surface area contributed by atoms with Crippen molar-refractivity contribution in [1.82, 2.24) is 15.3 Å². The maximum atomic E-state index is 12.2. The minimum Gasteiger partial charge on any atom is -0.338 e. The summed E-state index contributed by atoms with van der Waals surface area (Å²) in [7, 11) is 1.55. The molecule has 1 rings (SSSR count). The van der Waals surface area contributed by atoms with Crippen molar-refractivity contribution < 1.29 is 8.78 Å². The topological polar surface area (TPSA) is 41.1 Å². The monoisotopic (exact) mass is 244 g/mol.